The smallest absolute Gasteiger partial charge is 0.304 e. The fourth-order valence-electron chi connectivity index (χ4n) is 1.42. The van der Waals surface area contributed by atoms with Gasteiger partial charge in [0, 0.05) is 14.7 Å². The number of nitrogens with one attached hydrogen (secondary N) is 1. The number of nitrogen functional groups attached to an aromatic ring is 1. The van der Waals surface area contributed by atoms with Crippen molar-refractivity contribution in [2.24, 2.45) is 0 Å². The van der Waals surface area contributed by atoms with Gasteiger partial charge in [0.15, 0.2) is 5.00 Å². The average molecular weight is 460 g/mol. The maximum atomic E-state index is 12.2. The van der Waals surface area contributed by atoms with E-state index in [0.29, 0.717) is 25.6 Å². The maximum Gasteiger partial charge on any atom is 0.304 e. The van der Waals surface area contributed by atoms with E-state index in [0.717, 1.165) is 6.07 Å². The second kappa shape index (κ2) is 5.94. The van der Waals surface area contributed by atoms with Crippen molar-refractivity contribution in [1.29, 1.82) is 0 Å². The summed E-state index contributed by atoms with van der Waals surface area (Å²) in [5.41, 5.74) is 5.35. The lowest BCUT2D eigenvalue weighted by Gasteiger charge is -2.08. The summed E-state index contributed by atoms with van der Waals surface area (Å²) < 4.78 is 27.1. The molecule has 0 aliphatic rings. The molecule has 0 amide bonds. The van der Waals surface area contributed by atoms with Crippen LogP contribution in [0.4, 0.5) is 16.4 Å². The van der Waals surface area contributed by atoms with E-state index in [1.165, 1.54) is 12.1 Å². The van der Waals surface area contributed by atoms with Crippen molar-refractivity contribution in [3.05, 3.63) is 43.0 Å². The summed E-state index contributed by atoms with van der Waals surface area (Å²) in [6.07, 6.45) is 0. The number of hydrogen-bond donors (Lipinski definition) is 2. The summed E-state index contributed by atoms with van der Waals surface area (Å²) in [5.74, 6) is 0. The van der Waals surface area contributed by atoms with Crippen LogP contribution in [0, 0.1) is 13.7 Å². The predicted octanol–water partition coefficient (Wildman–Crippen LogP) is 3.30. The third kappa shape index (κ3) is 3.56. The molecule has 0 aliphatic carbocycles. The van der Waals surface area contributed by atoms with Crippen LogP contribution in [0.15, 0.2) is 28.5 Å². The summed E-state index contributed by atoms with van der Waals surface area (Å²) in [4.78, 5) is 9.99. The van der Waals surface area contributed by atoms with Crippen molar-refractivity contribution in [1.82, 2.24) is 0 Å². The number of nitro groups is 1. The van der Waals surface area contributed by atoms with Crippen LogP contribution in [0.3, 0.4) is 0 Å². The van der Waals surface area contributed by atoms with Gasteiger partial charge in [-0.1, -0.05) is 22.9 Å². The van der Waals surface area contributed by atoms with Crippen LogP contribution in [0.2, 0.25) is 5.02 Å². The average Bonchev–Trinajstić information content (AvgIpc) is 2.76. The minimum absolute atomic E-state index is 0.161. The van der Waals surface area contributed by atoms with Crippen LogP contribution in [0.5, 0.6) is 0 Å². The molecule has 112 valence electrons. The Morgan fingerprint density at radius 3 is 2.57 bits per heavy atom. The molecule has 3 N–H and O–H groups in total. The highest BCUT2D eigenvalue weighted by atomic mass is 127. The molecule has 0 unspecified atom stereocenters. The molecule has 0 saturated heterocycles. The first kappa shape index (κ1) is 16.3. The number of anilines is 2. The lowest BCUT2D eigenvalue weighted by Crippen LogP contribution is -2.12. The molecule has 2 rings (SSSR count). The van der Waals surface area contributed by atoms with Gasteiger partial charge in [0.05, 0.1) is 10.6 Å². The Balaban J connectivity index is 2.38. The highest BCUT2D eigenvalue weighted by molar-refractivity contribution is 14.1. The third-order valence-corrected chi connectivity index (χ3v) is 6.27. The number of nitrogens with zero attached hydrogens (tertiary/aromatic N) is 1. The highest BCUT2D eigenvalue weighted by Crippen LogP contribution is 2.35. The molecule has 0 atom stereocenters. The minimum atomic E-state index is -3.95. The number of benzene rings is 1. The maximum absolute atomic E-state index is 12.2. The second-order valence-electron chi connectivity index (χ2n) is 3.80. The zero-order valence-corrected chi connectivity index (χ0v) is 14.6. The number of rotatable bonds is 4. The van der Waals surface area contributed by atoms with E-state index < -0.39 is 20.6 Å². The summed E-state index contributed by atoms with van der Waals surface area (Å²) >= 11 is 8.35. The largest absolute Gasteiger partial charge is 0.385 e. The minimum Gasteiger partial charge on any atom is -0.385 e. The Hall–Kier alpha value is -1.11. The van der Waals surface area contributed by atoms with Crippen LogP contribution in [0.25, 0.3) is 0 Å². The molecule has 0 aliphatic heterocycles. The lowest BCUT2D eigenvalue weighted by atomic mass is 10.3. The summed E-state index contributed by atoms with van der Waals surface area (Å²) in [6.45, 7) is 0. The number of sulfonamides is 1. The Kier molecular flexibility index (Phi) is 4.60. The van der Waals surface area contributed by atoms with Crippen LogP contribution in [0.1, 0.15) is 0 Å². The van der Waals surface area contributed by atoms with E-state index >= 15 is 0 Å². The van der Waals surface area contributed by atoms with Gasteiger partial charge in [-0.05, 0) is 40.8 Å². The van der Waals surface area contributed by atoms with E-state index in [9.17, 15) is 18.5 Å². The fraction of sp³-hybridized carbons (Fsp3) is 0. The van der Waals surface area contributed by atoms with E-state index in [4.69, 9.17) is 17.3 Å². The molecule has 11 heteroatoms. The Morgan fingerprint density at radius 1 is 1.38 bits per heavy atom. The van der Waals surface area contributed by atoms with Gasteiger partial charge in [-0.3, -0.25) is 14.8 Å². The number of hydrogen-bond acceptors (Lipinski definition) is 6. The summed E-state index contributed by atoms with van der Waals surface area (Å²) in [5, 5.41) is 11.0. The van der Waals surface area contributed by atoms with Crippen LogP contribution in [-0.4, -0.2) is 13.3 Å². The molecule has 1 aromatic heterocycles. The van der Waals surface area contributed by atoms with Gasteiger partial charge in [-0.25, -0.2) is 8.42 Å². The van der Waals surface area contributed by atoms with Crippen molar-refractivity contribution in [3.63, 3.8) is 0 Å². The zero-order valence-electron chi connectivity index (χ0n) is 10.0. The van der Waals surface area contributed by atoms with Gasteiger partial charge >= 0.3 is 5.69 Å². The van der Waals surface area contributed by atoms with Crippen molar-refractivity contribution in [3.8, 4) is 0 Å². The lowest BCUT2D eigenvalue weighted by molar-refractivity contribution is -0.383. The standard InChI is InChI=1S/C10H7ClIN3O4S2/c11-5-1-2-7(6(12)3-5)14-21(18,19)9-4-8(15(16)17)10(13)20-9/h1-4,14H,13H2. The van der Waals surface area contributed by atoms with Crippen molar-refractivity contribution < 1.29 is 13.3 Å². The van der Waals surface area contributed by atoms with Gasteiger partial charge in [0.1, 0.15) is 4.21 Å². The first-order valence-electron chi connectivity index (χ1n) is 5.22. The van der Waals surface area contributed by atoms with Gasteiger partial charge in [-0.2, -0.15) is 0 Å². The molecule has 2 aromatic rings. The summed E-state index contributed by atoms with van der Waals surface area (Å²) in [7, 11) is -3.95. The molecule has 0 bridgehead atoms. The topological polar surface area (TPSA) is 115 Å². The van der Waals surface area contributed by atoms with E-state index in [2.05, 4.69) is 4.72 Å². The predicted molar refractivity (Wildman–Crippen MR) is 90.4 cm³/mol. The molecule has 21 heavy (non-hydrogen) atoms. The van der Waals surface area contributed by atoms with Crippen molar-refractivity contribution in [2.75, 3.05) is 10.5 Å². The Labute approximate surface area is 142 Å². The Morgan fingerprint density at radius 2 is 2.05 bits per heavy atom. The normalized spacial score (nSPS) is 11.3. The van der Waals surface area contributed by atoms with Crippen LogP contribution in [-0.2, 0) is 10.0 Å². The van der Waals surface area contributed by atoms with Crippen molar-refractivity contribution >= 4 is 71.9 Å². The third-order valence-electron chi connectivity index (χ3n) is 2.35. The van der Waals surface area contributed by atoms with E-state index in [1.54, 1.807) is 6.07 Å². The van der Waals surface area contributed by atoms with Crippen molar-refractivity contribution in [2.45, 2.75) is 4.21 Å². The molecule has 7 nitrogen and oxygen atoms in total. The van der Waals surface area contributed by atoms with E-state index in [-0.39, 0.29) is 9.21 Å². The van der Waals surface area contributed by atoms with Gasteiger partial charge in [0.25, 0.3) is 10.0 Å². The van der Waals surface area contributed by atoms with Crippen LogP contribution < -0.4 is 10.5 Å². The monoisotopic (exact) mass is 459 g/mol. The van der Waals surface area contributed by atoms with E-state index in [1.807, 2.05) is 22.6 Å². The number of halogens is 2. The Bertz CT molecular complexity index is 822. The molecule has 0 saturated carbocycles. The molecular formula is C10H7ClIN3O4S2. The highest BCUT2D eigenvalue weighted by Gasteiger charge is 2.25. The SMILES string of the molecule is Nc1sc(S(=O)(=O)Nc2ccc(Cl)cc2I)cc1[N+](=O)[O-]. The quantitative estimate of drug-likeness (QED) is 0.413. The van der Waals surface area contributed by atoms with Gasteiger partial charge in [0.2, 0.25) is 0 Å². The molecule has 0 fully saturated rings. The van der Waals surface area contributed by atoms with Crippen LogP contribution >= 0.6 is 45.5 Å². The molecule has 0 spiro atoms. The summed E-state index contributed by atoms with van der Waals surface area (Å²) in [6, 6.07) is 5.57. The first-order valence-corrected chi connectivity index (χ1v) is 8.98. The molecule has 0 radical (unpaired) electrons. The first-order chi connectivity index (χ1) is 9.70. The number of thiophene rings is 1. The number of nitrogens with two attached hydrogens (primary N) is 1. The fourth-order valence-corrected chi connectivity index (χ4v) is 4.90. The zero-order chi connectivity index (χ0) is 15.8. The molecule has 1 heterocycles. The van der Waals surface area contributed by atoms with Gasteiger partial charge < -0.3 is 5.73 Å². The van der Waals surface area contributed by atoms with Gasteiger partial charge in [-0.15, -0.1) is 0 Å². The molecule has 1 aromatic carbocycles. The second-order valence-corrected chi connectivity index (χ2v) is 8.39. The molecular weight excluding hydrogens is 453 g/mol.